The highest BCUT2D eigenvalue weighted by Gasteiger charge is 2.50. The minimum Gasteiger partial charge on any atom is -0.456 e. The van der Waals surface area contributed by atoms with E-state index in [1.807, 2.05) is 6.92 Å². The number of nitrogens with two attached hydrogens (primary N) is 2. The van der Waals surface area contributed by atoms with Gasteiger partial charge in [0.15, 0.2) is 24.2 Å². The molecule has 136 valence electrons. The van der Waals surface area contributed by atoms with Crippen molar-refractivity contribution in [2.75, 3.05) is 0 Å². The minimum absolute atomic E-state index is 0.209. The molecule has 1 unspecified atom stereocenters. The molecule has 3 rings (SSSR count). The first-order valence-corrected chi connectivity index (χ1v) is 7.83. The van der Waals surface area contributed by atoms with E-state index in [1.165, 1.54) is 23.4 Å². The largest absolute Gasteiger partial charge is 0.456 e. The maximum Gasteiger partial charge on any atom is 0.306 e. The van der Waals surface area contributed by atoms with Crippen molar-refractivity contribution in [3.05, 3.63) is 18.9 Å². The SMILES string of the molecule is CCCC(=O)O[C@H]1[C@@H](O)[C@H](n2cnc3cncnc32)O[C@@H]1C(N)ON. The Morgan fingerprint density at radius 3 is 3.04 bits per heavy atom. The fraction of sp³-hybridized carbons (Fsp3) is 0.571. The first kappa shape index (κ1) is 17.6. The van der Waals surface area contributed by atoms with Gasteiger partial charge in [0.2, 0.25) is 0 Å². The Labute approximate surface area is 142 Å². The molecular weight excluding hydrogens is 332 g/mol. The maximum absolute atomic E-state index is 11.9. The van der Waals surface area contributed by atoms with Crippen molar-refractivity contribution in [3.63, 3.8) is 0 Å². The smallest absolute Gasteiger partial charge is 0.306 e. The predicted molar refractivity (Wildman–Crippen MR) is 83.3 cm³/mol. The number of aliphatic hydroxyl groups is 1. The lowest BCUT2D eigenvalue weighted by Crippen LogP contribution is -2.48. The molecule has 5 atom stereocenters. The standard InChI is InChI=1S/C14H20N6O5/c1-2-3-8(21)23-10-9(22)14(24-11(10)12(15)25-16)20-6-19-7-4-17-5-18-13(7)20/h4-6,9-12,14,22H,2-3,15-16H2,1H3/t9-,10+,11+,12?,14-/m1/s1. The molecule has 0 spiro atoms. The maximum atomic E-state index is 11.9. The fourth-order valence-corrected chi connectivity index (χ4v) is 2.77. The number of nitrogens with zero attached hydrogens (tertiary/aromatic N) is 4. The zero-order valence-electron chi connectivity index (χ0n) is 13.6. The van der Waals surface area contributed by atoms with Gasteiger partial charge in [-0.05, 0) is 6.42 Å². The molecule has 1 fully saturated rings. The lowest BCUT2D eigenvalue weighted by molar-refractivity contribution is -0.161. The number of rotatable bonds is 6. The molecule has 25 heavy (non-hydrogen) atoms. The normalized spacial score (nSPS) is 27.5. The zero-order chi connectivity index (χ0) is 18.0. The van der Waals surface area contributed by atoms with Crippen LogP contribution in [-0.4, -0.2) is 55.1 Å². The van der Waals surface area contributed by atoms with Gasteiger partial charge >= 0.3 is 5.97 Å². The molecule has 0 aliphatic carbocycles. The molecule has 1 saturated heterocycles. The number of ether oxygens (including phenoxy) is 2. The summed E-state index contributed by atoms with van der Waals surface area (Å²) < 4.78 is 12.6. The van der Waals surface area contributed by atoms with Gasteiger partial charge in [-0.2, -0.15) is 0 Å². The van der Waals surface area contributed by atoms with Gasteiger partial charge in [0.1, 0.15) is 24.1 Å². The summed E-state index contributed by atoms with van der Waals surface area (Å²) in [6.45, 7) is 1.84. The van der Waals surface area contributed by atoms with E-state index >= 15 is 0 Å². The number of imidazole rings is 1. The fourth-order valence-electron chi connectivity index (χ4n) is 2.77. The molecule has 2 aromatic rings. The van der Waals surface area contributed by atoms with Crippen molar-refractivity contribution in [1.29, 1.82) is 0 Å². The Bertz CT molecular complexity index is 739. The first-order valence-electron chi connectivity index (χ1n) is 7.83. The average Bonchev–Trinajstić information content (AvgIpc) is 3.17. The summed E-state index contributed by atoms with van der Waals surface area (Å²) >= 11 is 0. The Morgan fingerprint density at radius 2 is 2.32 bits per heavy atom. The second-order valence-corrected chi connectivity index (χ2v) is 5.67. The monoisotopic (exact) mass is 352 g/mol. The van der Waals surface area contributed by atoms with E-state index in [0.717, 1.165) is 0 Å². The van der Waals surface area contributed by atoms with Crippen LogP contribution in [0.1, 0.15) is 26.0 Å². The van der Waals surface area contributed by atoms with E-state index in [2.05, 4.69) is 19.8 Å². The summed E-state index contributed by atoms with van der Waals surface area (Å²) in [6.07, 6.45) is -0.0622. The molecule has 0 bridgehead atoms. The van der Waals surface area contributed by atoms with Crippen molar-refractivity contribution < 1.29 is 24.2 Å². The molecule has 0 amide bonds. The third kappa shape index (κ3) is 3.32. The Morgan fingerprint density at radius 1 is 1.52 bits per heavy atom. The average molecular weight is 352 g/mol. The number of aliphatic hydroxyl groups excluding tert-OH is 1. The van der Waals surface area contributed by atoms with Crippen LogP contribution in [0.2, 0.25) is 0 Å². The lowest BCUT2D eigenvalue weighted by Gasteiger charge is -2.23. The van der Waals surface area contributed by atoms with Crippen LogP contribution in [0.25, 0.3) is 11.2 Å². The second kappa shape index (κ2) is 7.37. The number of carbonyl (C=O) groups excluding carboxylic acids is 1. The van der Waals surface area contributed by atoms with Crippen LogP contribution in [0.3, 0.4) is 0 Å². The molecular formula is C14H20N6O5. The summed E-state index contributed by atoms with van der Waals surface area (Å²) in [7, 11) is 0. The molecule has 0 radical (unpaired) electrons. The number of hydrogen-bond donors (Lipinski definition) is 3. The van der Waals surface area contributed by atoms with E-state index in [4.69, 9.17) is 21.1 Å². The topological polar surface area (TPSA) is 161 Å². The Hall–Kier alpha value is -2.18. The van der Waals surface area contributed by atoms with Crippen LogP contribution in [-0.2, 0) is 19.1 Å². The number of aromatic nitrogens is 4. The summed E-state index contributed by atoms with van der Waals surface area (Å²) in [5.41, 5.74) is 6.77. The van der Waals surface area contributed by atoms with Crippen molar-refractivity contribution in [2.45, 2.75) is 50.5 Å². The van der Waals surface area contributed by atoms with Crippen molar-refractivity contribution in [3.8, 4) is 0 Å². The van der Waals surface area contributed by atoms with Crippen LogP contribution in [0.15, 0.2) is 18.9 Å². The molecule has 3 heterocycles. The third-order valence-electron chi connectivity index (χ3n) is 3.96. The lowest BCUT2D eigenvalue weighted by atomic mass is 10.1. The summed E-state index contributed by atoms with van der Waals surface area (Å²) in [4.78, 5) is 28.6. The molecule has 1 aliphatic heterocycles. The van der Waals surface area contributed by atoms with Crippen molar-refractivity contribution in [2.24, 2.45) is 11.6 Å². The molecule has 0 saturated carbocycles. The van der Waals surface area contributed by atoms with Gasteiger partial charge in [0.05, 0.1) is 12.5 Å². The first-order chi connectivity index (χ1) is 12.1. The Balaban J connectivity index is 1.89. The number of fused-ring (bicyclic) bond motifs is 1. The minimum atomic E-state index is -1.21. The van der Waals surface area contributed by atoms with E-state index in [0.29, 0.717) is 17.6 Å². The van der Waals surface area contributed by atoms with Gasteiger partial charge in [-0.3, -0.25) is 14.2 Å². The van der Waals surface area contributed by atoms with Crippen molar-refractivity contribution >= 4 is 17.1 Å². The quantitative estimate of drug-likeness (QED) is 0.333. The van der Waals surface area contributed by atoms with Gasteiger partial charge in [0.25, 0.3) is 0 Å². The highest BCUT2D eigenvalue weighted by Crippen LogP contribution is 2.34. The van der Waals surface area contributed by atoms with Gasteiger partial charge in [-0.15, -0.1) is 0 Å². The zero-order valence-corrected chi connectivity index (χ0v) is 13.6. The molecule has 11 nitrogen and oxygen atoms in total. The molecule has 2 aromatic heterocycles. The molecule has 0 aromatic carbocycles. The van der Waals surface area contributed by atoms with E-state index in [9.17, 15) is 9.90 Å². The van der Waals surface area contributed by atoms with E-state index in [-0.39, 0.29) is 6.42 Å². The van der Waals surface area contributed by atoms with Crippen LogP contribution in [0.5, 0.6) is 0 Å². The second-order valence-electron chi connectivity index (χ2n) is 5.67. The van der Waals surface area contributed by atoms with Crippen LogP contribution in [0.4, 0.5) is 0 Å². The highest BCUT2D eigenvalue weighted by molar-refractivity contribution is 5.70. The van der Waals surface area contributed by atoms with E-state index in [1.54, 1.807) is 0 Å². The Kier molecular flexibility index (Phi) is 5.20. The molecule has 11 heteroatoms. The van der Waals surface area contributed by atoms with Crippen LogP contribution >= 0.6 is 0 Å². The summed E-state index contributed by atoms with van der Waals surface area (Å²) in [5.74, 6) is 4.67. The van der Waals surface area contributed by atoms with Gasteiger partial charge in [-0.1, -0.05) is 6.92 Å². The van der Waals surface area contributed by atoms with Crippen LogP contribution < -0.4 is 11.6 Å². The highest BCUT2D eigenvalue weighted by atomic mass is 16.7. The summed E-state index contributed by atoms with van der Waals surface area (Å²) in [6, 6.07) is 0. The van der Waals surface area contributed by atoms with Gasteiger partial charge in [0, 0.05) is 6.42 Å². The summed E-state index contributed by atoms with van der Waals surface area (Å²) in [5, 5.41) is 10.7. The number of hydrogen-bond acceptors (Lipinski definition) is 10. The predicted octanol–water partition coefficient (Wildman–Crippen LogP) is -1.03. The van der Waals surface area contributed by atoms with Gasteiger partial charge in [-0.25, -0.2) is 20.8 Å². The third-order valence-corrected chi connectivity index (χ3v) is 3.96. The molecule has 5 N–H and O–H groups in total. The van der Waals surface area contributed by atoms with Crippen molar-refractivity contribution in [1.82, 2.24) is 19.5 Å². The molecule has 1 aliphatic rings. The van der Waals surface area contributed by atoms with Crippen LogP contribution in [0, 0.1) is 0 Å². The van der Waals surface area contributed by atoms with Gasteiger partial charge < -0.3 is 20.3 Å². The number of carbonyl (C=O) groups is 1. The number of esters is 1. The van der Waals surface area contributed by atoms with E-state index < -0.39 is 36.7 Å².